The second-order valence-electron chi connectivity index (χ2n) is 10.0. The van der Waals surface area contributed by atoms with Gasteiger partial charge in [0.05, 0.1) is 8.07 Å². The molecule has 0 aliphatic carbocycles. The summed E-state index contributed by atoms with van der Waals surface area (Å²) in [5.74, 6) is -0.991. The molecule has 0 aromatic heterocycles. The van der Waals surface area contributed by atoms with E-state index in [1.165, 1.54) is 4.90 Å². The molecule has 1 saturated heterocycles. The fraction of sp³-hybridized carbons (Fsp3) is 0.480. The van der Waals surface area contributed by atoms with Crippen molar-refractivity contribution in [1.82, 2.24) is 0 Å². The first-order chi connectivity index (χ1) is 16.4. The van der Waals surface area contributed by atoms with Crippen LogP contribution in [0.1, 0.15) is 19.3 Å². The van der Waals surface area contributed by atoms with Gasteiger partial charge in [0.15, 0.2) is 9.04 Å². The standard InChI is InChI=1S/C25H35F3NO3Si3/c1-33-16-9-8-15-31-35(4,32-33)18-17-34(2,3)23-14-10-13-22(19-23)29(21-11-6-5-7-12-21)24(30)20-25(26,27)28/h5-7,10-14,19H,8-9,15-18,20H2,1-4H3. The monoisotopic (exact) mass is 538 g/mol. The maximum atomic E-state index is 13.1. The van der Waals surface area contributed by atoms with Gasteiger partial charge in [-0.3, -0.25) is 9.69 Å². The summed E-state index contributed by atoms with van der Waals surface area (Å²) in [6.07, 6.45) is -3.84. The Labute approximate surface area is 210 Å². The van der Waals surface area contributed by atoms with E-state index >= 15 is 0 Å². The third-order valence-electron chi connectivity index (χ3n) is 6.43. The van der Waals surface area contributed by atoms with Crippen molar-refractivity contribution in [1.29, 1.82) is 0 Å². The number of hydrogen-bond donors (Lipinski definition) is 0. The van der Waals surface area contributed by atoms with E-state index < -0.39 is 44.2 Å². The van der Waals surface area contributed by atoms with Crippen LogP contribution in [0.2, 0.25) is 44.3 Å². The van der Waals surface area contributed by atoms with Crippen LogP contribution in [0.5, 0.6) is 0 Å². The highest BCUT2D eigenvalue weighted by molar-refractivity contribution is 6.91. The Hall–Kier alpha value is -1.73. The molecule has 4 nitrogen and oxygen atoms in total. The van der Waals surface area contributed by atoms with Crippen molar-refractivity contribution in [3.8, 4) is 0 Å². The minimum atomic E-state index is -4.58. The summed E-state index contributed by atoms with van der Waals surface area (Å²) in [5.41, 5.74) is 0.886. The quantitative estimate of drug-likeness (QED) is 0.367. The van der Waals surface area contributed by atoms with Crippen LogP contribution < -0.4 is 10.1 Å². The lowest BCUT2D eigenvalue weighted by atomic mass is 10.2. The highest BCUT2D eigenvalue weighted by Crippen LogP contribution is 2.31. The van der Waals surface area contributed by atoms with Gasteiger partial charge in [-0.05, 0) is 55.9 Å². The molecule has 0 saturated carbocycles. The SMILES string of the molecule is C[Si]1CCCCO[Si](C)(CC[Si](C)(C)c2cccc(N(C(=O)CC(F)(F)F)c3ccccc3)c2)O1. The van der Waals surface area contributed by atoms with E-state index in [9.17, 15) is 18.0 Å². The molecular weight excluding hydrogens is 504 g/mol. The summed E-state index contributed by atoms with van der Waals surface area (Å²) in [6, 6.07) is 19.0. The van der Waals surface area contributed by atoms with E-state index in [0.717, 1.165) is 42.8 Å². The van der Waals surface area contributed by atoms with Crippen molar-refractivity contribution < 1.29 is 26.5 Å². The van der Waals surface area contributed by atoms with Crippen LogP contribution >= 0.6 is 0 Å². The molecule has 1 fully saturated rings. The van der Waals surface area contributed by atoms with E-state index in [0.29, 0.717) is 11.4 Å². The fourth-order valence-electron chi connectivity index (χ4n) is 4.35. The third kappa shape index (κ3) is 8.14. The Bertz CT molecular complexity index is 991. The van der Waals surface area contributed by atoms with Crippen molar-refractivity contribution in [3.05, 3.63) is 54.6 Å². The van der Waals surface area contributed by atoms with Crippen molar-refractivity contribution in [2.75, 3.05) is 11.5 Å². The summed E-state index contributed by atoms with van der Waals surface area (Å²) >= 11 is 0. The van der Waals surface area contributed by atoms with Gasteiger partial charge < -0.3 is 8.54 Å². The lowest BCUT2D eigenvalue weighted by Crippen LogP contribution is -2.48. The number of amides is 1. The van der Waals surface area contributed by atoms with Gasteiger partial charge in [0, 0.05) is 18.0 Å². The number of rotatable bonds is 7. The number of carbonyl (C=O) groups is 1. The van der Waals surface area contributed by atoms with E-state index in [-0.39, 0.29) is 0 Å². The van der Waals surface area contributed by atoms with Gasteiger partial charge in [-0.25, -0.2) is 0 Å². The van der Waals surface area contributed by atoms with Gasteiger partial charge in [-0.1, -0.05) is 61.1 Å². The van der Waals surface area contributed by atoms with Gasteiger partial charge in [0.1, 0.15) is 6.42 Å². The Morgan fingerprint density at radius 1 is 1.09 bits per heavy atom. The summed E-state index contributed by atoms with van der Waals surface area (Å²) in [4.78, 5) is 14.0. The van der Waals surface area contributed by atoms with Crippen molar-refractivity contribution in [2.24, 2.45) is 0 Å². The number of halogens is 3. The molecule has 1 amide bonds. The zero-order valence-corrected chi connectivity index (χ0v) is 24.0. The second kappa shape index (κ2) is 11.5. The smallest absolute Gasteiger partial charge is 0.397 e. The average Bonchev–Trinajstić information content (AvgIpc) is 2.76. The van der Waals surface area contributed by atoms with Gasteiger partial charge in [-0.15, -0.1) is 0 Å². The number of para-hydroxylation sites is 1. The zero-order valence-electron chi connectivity index (χ0n) is 21.0. The molecule has 191 valence electrons. The van der Waals surface area contributed by atoms with Gasteiger partial charge in [0.2, 0.25) is 5.91 Å². The van der Waals surface area contributed by atoms with Crippen LogP contribution in [0.15, 0.2) is 54.6 Å². The first kappa shape index (κ1) is 27.9. The minimum Gasteiger partial charge on any atom is -0.436 e. The summed E-state index contributed by atoms with van der Waals surface area (Å²) in [7, 11) is -5.11. The second-order valence-corrected chi connectivity index (χ2v) is 20.7. The Kier molecular flexibility index (Phi) is 9.19. The molecule has 3 rings (SSSR count). The van der Waals surface area contributed by atoms with Gasteiger partial charge in [-0.2, -0.15) is 13.2 Å². The first-order valence-electron chi connectivity index (χ1n) is 12.1. The Morgan fingerprint density at radius 3 is 2.46 bits per heavy atom. The summed E-state index contributed by atoms with van der Waals surface area (Å²) in [5, 5.41) is 1.10. The molecule has 1 unspecified atom stereocenters. The molecule has 1 aliphatic rings. The maximum Gasteiger partial charge on any atom is 0.397 e. The molecular formula is C25H35F3NO3Si3. The number of alkyl halides is 3. The van der Waals surface area contributed by atoms with Crippen molar-refractivity contribution >= 4 is 48.1 Å². The average molecular weight is 539 g/mol. The molecule has 1 atom stereocenters. The van der Waals surface area contributed by atoms with Gasteiger partial charge >= 0.3 is 14.7 Å². The maximum absolute atomic E-state index is 13.1. The van der Waals surface area contributed by atoms with Gasteiger partial charge in [0.25, 0.3) is 0 Å². The molecule has 1 heterocycles. The number of nitrogens with zero attached hydrogens (tertiary/aromatic N) is 1. The molecule has 10 heteroatoms. The molecule has 0 bridgehead atoms. The normalized spacial score (nSPS) is 20.2. The summed E-state index contributed by atoms with van der Waals surface area (Å²) in [6.45, 7) is 9.65. The topological polar surface area (TPSA) is 38.8 Å². The van der Waals surface area contributed by atoms with Crippen LogP contribution in [0.4, 0.5) is 24.5 Å². The third-order valence-corrected chi connectivity index (χ3v) is 16.5. The Balaban J connectivity index is 1.85. The van der Waals surface area contributed by atoms with E-state index in [1.54, 1.807) is 36.4 Å². The number of hydrogen-bond acceptors (Lipinski definition) is 3. The van der Waals surface area contributed by atoms with Crippen LogP contribution in [0.25, 0.3) is 0 Å². The molecule has 1 radical (unpaired) electrons. The predicted molar refractivity (Wildman–Crippen MR) is 142 cm³/mol. The van der Waals surface area contributed by atoms with Crippen LogP contribution in [-0.4, -0.2) is 44.4 Å². The largest absolute Gasteiger partial charge is 0.436 e. The number of carbonyl (C=O) groups excluding carboxylic acids is 1. The van der Waals surface area contributed by atoms with E-state index in [2.05, 4.69) is 26.2 Å². The Morgan fingerprint density at radius 2 is 1.77 bits per heavy atom. The highest BCUT2D eigenvalue weighted by Gasteiger charge is 2.38. The lowest BCUT2D eigenvalue weighted by molar-refractivity contribution is -0.151. The van der Waals surface area contributed by atoms with E-state index in [4.69, 9.17) is 8.54 Å². The van der Waals surface area contributed by atoms with Crippen molar-refractivity contribution in [2.45, 2.75) is 69.8 Å². The number of anilines is 2. The fourth-order valence-corrected chi connectivity index (χ4v) is 15.5. The molecule has 1 aliphatic heterocycles. The number of benzene rings is 2. The minimum absolute atomic E-state index is 0.423. The van der Waals surface area contributed by atoms with E-state index in [1.807, 2.05) is 18.2 Å². The molecule has 2 aromatic carbocycles. The molecule has 0 spiro atoms. The van der Waals surface area contributed by atoms with Crippen molar-refractivity contribution in [3.63, 3.8) is 0 Å². The molecule has 35 heavy (non-hydrogen) atoms. The molecule has 0 N–H and O–H groups in total. The zero-order chi connectivity index (χ0) is 25.7. The predicted octanol–water partition coefficient (Wildman–Crippen LogP) is 6.74. The molecule has 2 aromatic rings. The van der Waals surface area contributed by atoms with Crippen LogP contribution in [-0.2, 0) is 13.3 Å². The van der Waals surface area contributed by atoms with Crippen LogP contribution in [0, 0.1) is 0 Å². The first-order valence-corrected chi connectivity index (χ1v) is 19.9. The lowest BCUT2D eigenvalue weighted by Gasteiger charge is -2.35. The summed E-state index contributed by atoms with van der Waals surface area (Å²) < 4.78 is 52.1. The highest BCUT2D eigenvalue weighted by atomic mass is 28.4. The van der Waals surface area contributed by atoms with Crippen LogP contribution in [0.3, 0.4) is 0 Å².